The number of rotatable bonds is 5. The molecule has 1 aliphatic heterocycles. The molecular weight excluding hydrogens is 388 g/mol. The van der Waals surface area contributed by atoms with Gasteiger partial charge in [0.25, 0.3) is 0 Å². The van der Waals surface area contributed by atoms with Gasteiger partial charge in [-0.2, -0.15) is 0 Å². The molecule has 2 atom stereocenters. The van der Waals surface area contributed by atoms with Gasteiger partial charge < -0.3 is 24.8 Å². The van der Waals surface area contributed by atoms with Crippen LogP contribution in [0.3, 0.4) is 0 Å². The summed E-state index contributed by atoms with van der Waals surface area (Å²) < 4.78 is 16.8. The van der Waals surface area contributed by atoms with Gasteiger partial charge in [-0.15, -0.1) is 12.4 Å². The van der Waals surface area contributed by atoms with Gasteiger partial charge in [0, 0.05) is 13.1 Å². The lowest BCUT2D eigenvalue weighted by molar-refractivity contribution is -0.129. The second-order valence-electron chi connectivity index (χ2n) is 5.04. The summed E-state index contributed by atoms with van der Waals surface area (Å²) in [6.07, 6.45) is -0.133. The lowest BCUT2D eigenvalue weighted by atomic mass is 10.1. The number of carbonyl (C=O) groups is 1. The minimum atomic E-state index is -0.322. The van der Waals surface area contributed by atoms with E-state index in [4.69, 9.17) is 14.2 Å². The molecule has 1 heterocycles. The standard InChI is InChI=1S/C15H21BrN2O4.ClH/c1-9-13(17-4-5-22-9)15(19)18-8-10-6-11(16)14(21-3)12(7-10)20-2;/h6-7,9,13,17H,4-5,8H2,1-3H3,(H,18,19);1H/t9-,13+;/m1./s1. The molecule has 6 nitrogen and oxygen atoms in total. The van der Waals surface area contributed by atoms with Crippen LogP contribution >= 0.6 is 28.3 Å². The summed E-state index contributed by atoms with van der Waals surface area (Å²) in [6.45, 7) is 3.62. The quantitative estimate of drug-likeness (QED) is 0.777. The van der Waals surface area contributed by atoms with Crippen LogP contribution in [0.4, 0.5) is 0 Å². The van der Waals surface area contributed by atoms with Crippen molar-refractivity contribution >= 4 is 34.2 Å². The van der Waals surface area contributed by atoms with Crippen molar-refractivity contribution in [3.8, 4) is 11.5 Å². The second-order valence-corrected chi connectivity index (χ2v) is 5.89. The van der Waals surface area contributed by atoms with Gasteiger partial charge in [0.05, 0.1) is 31.4 Å². The Morgan fingerprint density at radius 3 is 2.78 bits per heavy atom. The number of hydrogen-bond acceptors (Lipinski definition) is 5. The van der Waals surface area contributed by atoms with Crippen molar-refractivity contribution < 1.29 is 19.0 Å². The number of benzene rings is 1. The molecule has 1 aromatic carbocycles. The van der Waals surface area contributed by atoms with E-state index in [1.165, 1.54) is 0 Å². The van der Waals surface area contributed by atoms with E-state index in [1.807, 2.05) is 19.1 Å². The Morgan fingerprint density at radius 1 is 1.43 bits per heavy atom. The first-order valence-electron chi connectivity index (χ1n) is 7.10. The molecule has 0 radical (unpaired) electrons. The summed E-state index contributed by atoms with van der Waals surface area (Å²) in [5, 5.41) is 6.08. The van der Waals surface area contributed by atoms with Gasteiger partial charge in [0.15, 0.2) is 11.5 Å². The van der Waals surface area contributed by atoms with Crippen LogP contribution in [0.5, 0.6) is 11.5 Å². The van der Waals surface area contributed by atoms with E-state index in [0.717, 1.165) is 10.0 Å². The van der Waals surface area contributed by atoms with E-state index in [9.17, 15) is 4.79 Å². The Hall–Kier alpha value is -1.02. The smallest absolute Gasteiger partial charge is 0.240 e. The van der Waals surface area contributed by atoms with Crippen LogP contribution in [0.1, 0.15) is 12.5 Å². The van der Waals surface area contributed by atoms with Crippen LogP contribution in [-0.4, -0.2) is 45.4 Å². The number of amides is 1. The fourth-order valence-corrected chi connectivity index (χ4v) is 3.05. The third-order valence-corrected chi connectivity index (χ3v) is 4.15. The molecule has 2 rings (SSSR count). The Bertz CT molecular complexity index is 544. The molecule has 0 unspecified atom stereocenters. The van der Waals surface area contributed by atoms with E-state index in [0.29, 0.717) is 31.2 Å². The lowest BCUT2D eigenvalue weighted by Gasteiger charge is -2.29. The number of ether oxygens (including phenoxy) is 3. The van der Waals surface area contributed by atoms with Crippen LogP contribution < -0.4 is 20.1 Å². The summed E-state index contributed by atoms with van der Waals surface area (Å²) in [4.78, 5) is 12.2. The number of nitrogens with one attached hydrogen (secondary N) is 2. The number of hydrogen-bond donors (Lipinski definition) is 2. The highest BCUT2D eigenvalue weighted by atomic mass is 79.9. The van der Waals surface area contributed by atoms with E-state index in [1.54, 1.807) is 14.2 Å². The zero-order valence-corrected chi connectivity index (χ0v) is 15.8. The van der Waals surface area contributed by atoms with Crippen LogP contribution in [0.15, 0.2) is 16.6 Å². The molecule has 0 spiro atoms. The van der Waals surface area contributed by atoms with Crippen molar-refractivity contribution in [1.82, 2.24) is 10.6 Å². The second kappa shape index (κ2) is 9.32. The molecule has 130 valence electrons. The van der Waals surface area contributed by atoms with Crippen LogP contribution in [-0.2, 0) is 16.1 Å². The maximum absolute atomic E-state index is 12.2. The highest BCUT2D eigenvalue weighted by molar-refractivity contribution is 9.10. The third kappa shape index (κ3) is 4.97. The summed E-state index contributed by atoms with van der Waals surface area (Å²) in [5.74, 6) is 1.18. The maximum atomic E-state index is 12.2. The van der Waals surface area contributed by atoms with Crippen LogP contribution in [0.2, 0.25) is 0 Å². The maximum Gasteiger partial charge on any atom is 0.240 e. The van der Waals surface area contributed by atoms with Crippen LogP contribution in [0, 0.1) is 0 Å². The molecule has 0 saturated carbocycles. The first-order valence-corrected chi connectivity index (χ1v) is 7.89. The molecular formula is C15H22BrClN2O4. The van der Waals surface area contributed by atoms with Crippen molar-refractivity contribution in [1.29, 1.82) is 0 Å². The van der Waals surface area contributed by atoms with Crippen molar-refractivity contribution in [2.75, 3.05) is 27.4 Å². The van der Waals surface area contributed by atoms with E-state index in [-0.39, 0.29) is 30.5 Å². The van der Waals surface area contributed by atoms with Crippen molar-refractivity contribution in [3.05, 3.63) is 22.2 Å². The zero-order valence-electron chi connectivity index (χ0n) is 13.3. The first kappa shape index (κ1) is 20.0. The SMILES string of the molecule is COc1cc(CNC(=O)[C@H]2NCCO[C@@H]2C)cc(Br)c1OC.Cl. The normalized spacial score (nSPS) is 20.3. The highest BCUT2D eigenvalue weighted by Crippen LogP contribution is 2.36. The average molecular weight is 410 g/mol. The topological polar surface area (TPSA) is 68.8 Å². The van der Waals surface area contributed by atoms with Crippen LogP contribution in [0.25, 0.3) is 0 Å². The minimum absolute atomic E-state index is 0. The molecule has 1 fully saturated rings. The molecule has 2 N–H and O–H groups in total. The number of halogens is 2. The Morgan fingerprint density at radius 2 is 2.17 bits per heavy atom. The van der Waals surface area contributed by atoms with Crippen molar-refractivity contribution in [3.63, 3.8) is 0 Å². The summed E-state index contributed by atoms with van der Waals surface area (Å²) in [6, 6.07) is 3.42. The summed E-state index contributed by atoms with van der Waals surface area (Å²) in [7, 11) is 3.16. The largest absolute Gasteiger partial charge is 0.493 e. The molecule has 1 saturated heterocycles. The molecule has 0 aromatic heterocycles. The van der Waals surface area contributed by atoms with E-state index >= 15 is 0 Å². The third-order valence-electron chi connectivity index (χ3n) is 3.56. The zero-order chi connectivity index (χ0) is 16.1. The minimum Gasteiger partial charge on any atom is -0.493 e. The highest BCUT2D eigenvalue weighted by Gasteiger charge is 2.28. The van der Waals surface area contributed by atoms with E-state index < -0.39 is 0 Å². The molecule has 23 heavy (non-hydrogen) atoms. The van der Waals surface area contributed by atoms with Gasteiger partial charge in [-0.3, -0.25) is 4.79 Å². The average Bonchev–Trinajstić information content (AvgIpc) is 2.52. The molecule has 1 amide bonds. The Balaban J connectivity index is 0.00000264. The van der Waals surface area contributed by atoms with Gasteiger partial charge in [0.1, 0.15) is 6.04 Å². The first-order chi connectivity index (χ1) is 10.6. The number of morpholine rings is 1. The molecule has 1 aliphatic rings. The summed E-state index contributed by atoms with van der Waals surface area (Å²) >= 11 is 3.44. The van der Waals surface area contributed by atoms with Gasteiger partial charge in [-0.05, 0) is 40.5 Å². The summed E-state index contributed by atoms with van der Waals surface area (Å²) in [5.41, 5.74) is 0.919. The molecule has 1 aromatic rings. The fraction of sp³-hybridized carbons (Fsp3) is 0.533. The predicted octanol–water partition coefficient (Wildman–Crippen LogP) is 1.88. The van der Waals surface area contributed by atoms with Gasteiger partial charge >= 0.3 is 0 Å². The molecule has 8 heteroatoms. The van der Waals surface area contributed by atoms with Gasteiger partial charge in [-0.25, -0.2) is 0 Å². The van der Waals surface area contributed by atoms with Gasteiger partial charge in [-0.1, -0.05) is 0 Å². The fourth-order valence-electron chi connectivity index (χ4n) is 2.40. The van der Waals surface area contributed by atoms with Crippen molar-refractivity contribution in [2.45, 2.75) is 25.6 Å². The Labute approximate surface area is 150 Å². The number of methoxy groups -OCH3 is 2. The number of carbonyl (C=O) groups excluding carboxylic acids is 1. The lowest BCUT2D eigenvalue weighted by Crippen LogP contribution is -2.55. The molecule has 0 bridgehead atoms. The van der Waals surface area contributed by atoms with E-state index in [2.05, 4.69) is 26.6 Å². The Kier molecular flexibility index (Phi) is 8.11. The predicted molar refractivity (Wildman–Crippen MR) is 93.5 cm³/mol. The van der Waals surface area contributed by atoms with Gasteiger partial charge in [0.2, 0.25) is 5.91 Å². The molecule has 0 aliphatic carbocycles. The van der Waals surface area contributed by atoms with Crippen molar-refractivity contribution in [2.24, 2.45) is 0 Å². The monoisotopic (exact) mass is 408 g/mol.